The second-order valence-corrected chi connectivity index (χ2v) is 6.51. The van der Waals surface area contributed by atoms with Crippen molar-refractivity contribution in [1.29, 1.82) is 0 Å². The van der Waals surface area contributed by atoms with Crippen molar-refractivity contribution in [2.24, 2.45) is 7.05 Å². The molecular weight excluding hydrogens is 318 g/mol. The summed E-state index contributed by atoms with van der Waals surface area (Å²) >= 11 is 0. The number of hydrogen-bond acceptors (Lipinski definition) is 4. The zero-order valence-corrected chi connectivity index (χ0v) is 15.2. The zero-order valence-electron chi connectivity index (χ0n) is 15.2. The van der Waals surface area contributed by atoms with E-state index >= 15 is 0 Å². The van der Waals surface area contributed by atoms with Crippen molar-refractivity contribution in [2.45, 2.75) is 39.2 Å². The second kappa shape index (κ2) is 6.35. The number of nitrogens with zero attached hydrogens (tertiary/aromatic N) is 3. The van der Waals surface area contributed by atoms with Crippen molar-refractivity contribution in [3.05, 3.63) is 46.8 Å². The Bertz CT molecular complexity index is 840. The van der Waals surface area contributed by atoms with Crippen molar-refractivity contribution < 1.29 is 14.3 Å². The topological polar surface area (TPSA) is 64.4 Å². The Hall–Kier alpha value is -2.63. The number of anilines is 1. The summed E-state index contributed by atoms with van der Waals surface area (Å²) in [5, 5.41) is 4.41. The lowest BCUT2D eigenvalue weighted by Crippen LogP contribution is -2.45. The highest BCUT2D eigenvalue weighted by atomic mass is 16.5. The zero-order chi connectivity index (χ0) is 18.3. The predicted molar refractivity (Wildman–Crippen MR) is 94.5 cm³/mol. The third-order valence-electron chi connectivity index (χ3n) is 5.06. The number of carbonyl (C=O) groups excluding carboxylic acids is 2. The number of methoxy groups -OCH3 is 1. The molecule has 1 aliphatic rings. The highest BCUT2D eigenvalue weighted by Gasteiger charge is 2.41. The number of rotatable bonds is 3. The summed E-state index contributed by atoms with van der Waals surface area (Å²) in [5.74, 6) is -0.900. The van der Waals surface area contributed by atoms with Crippen LogP contribution in [0.25, 0.3) is 0 Å². The molecular formula is C19H23N3O3. The first-order chi connectivity index (χ1) is 11.9. The van der Waals surface area contributed by atoms with Gasteiger partial charge in [-0.05, 0) is 32.4 Å². The van der Waals surface area contributed by atoms with Gasteiger partial charge in [0.1, 0.15) is 6.04 Å². The number of amides is 1. The van der Waals surface area contributed by atoms with E-state index in [4.69, 9.17) is 4.74 Å². The summed E-state index contributed by atoms with van der Waals surface area (Å²) in [6.45, 7) is 5.73. The predicted octanol–water partition coefficient (Wildman–Crippen LogP) is 2.27. The second-order valence-electron chi connectivity index (χ2n) is 6.51. The first-order valence-electron chi connectivity index (χ1n) is 8.35. The molecule has 0 saturated carbocycles. The van der Waals surface area contributed by atoms with Crippen molar-refractivity contribution in [3.8, 4) is 0 Å². The third kappa shape index (κ3) is 2.71. The average Bonchev–Trinajstić information content (AvgIpc) is 3.10. The lowest BCUT2D eigenvalue weighted by Gasteiger charge is -2.27. The normalized spacial score (nSPS) is 17.3. The maximum atomic E-state index is 13.3. The fourth-order valence-electron chi connectivity index (χ4n) is 3.73. The standard InChI is InChI=1S/C19H23N3O3/c1-11(17-12(2)20-21(4)13(17)3)18(23)22-15-9-7-6-8-14(15)10-16(22)19(24)25-5/h6-9,11,16H,10H2,1-5H3/t11-,16+/m0/s1. The Balaban J connectivity index is 2.02. The number of carbonyl (C=O) groups is 2. The number of hydrogen-bond donors (Lipinski definition) is 0. The van der Waals surface area contributed by atoms with E-state index in [1.165, 1.54) is 7.11 Å². The molecule has 2 heterocycles. The highest BCUT2D eigenvalue weighted by molar-refractivity contribution is 6.05. The Morgan fingerprint density at radius 3 is 2.56 bits per heavy atom. The van der Waals surface area contributed by atoms with E-state index in [0.29, 0.717) is 6.42 Å². The van der Waals surface area contributed by atoms with E-state index in [9.17, 15) is 9.59 Å². The molecule has 0 radical (unpaired) electrons. The van der Waals surface area contributed by atoms with Crippen LogP contribution in [0.15, 0.2) is 24.3 Å². The molecule has 1 aliphatic heterocycles. The summed E-state index contributed by atoms with van der Waals surface area (Å²) in [6.07, 6.45) is 0.478. The molecule has 0 aliphatic carbocycles. The van der Waals surface area contributed by atoms with Gasteiger partial charge in [0.05, 0.1) is 18.7 Å². The lowest BCUT2D eigenvalue weighted by atomic mass is 9.97. The van der Waals surface area contributed by atoms with Gasteiger partial charge in [0.2, 0.25) is 5.91 Å². The molecule has 0 saturated heterocycles. The van der Waals surface area contributed by atoms with Gasteiger partial charge in [-0.25, -0.2) is 4.79 Å². The van der Waals surface area contributed by atoms with Crippen molar-refractivity contribution in [2.75, 3.05) is 12.0 Å². The van der Waals surface area contributed by atoms with Gasteiger partial charge in [-0.15, -0.1) is 0 Å². The van der Waals surface area contributed by atoms with Gasteiger partial charge in [0, 0.05) is 30.4 Å². The summed E-state index contributed by atoms with van der Waals surface area (Å²) in [6, 6.07) is 7.01. The van der Waals surface area contributed by atoms with Gasteiger partial charge >= 0.3 is 5.97 Å². The Morgan fingerprint density at radius 1 is 1.28 bits per heavy atom. The molecule has 1 aromatic heterocycles. The molecule has 0 unspecified atom stereocenters. The molecule has 0 spiro atoms. The molecule has 0 fully saturated rings. The molecule has 1 aromatic carbocycles. The van der Waals surface area contributed by atoms with Gasteiger partial charge in [0.15, 0.2) is 0 Å². The molecule has 0 N–H and O–H groups in total. The quantitative estimate of drug-likeness (QED) is 0.804. The van der Waals surface area contributed by atoms with Crippen LogP contribution in [0.5, 0.6) is 0 Å². The van der Waals surface area contributed by atoms with Crippen LogP contribution in [-0.4, -0.2) is 34.8 Å². The third-order valence-corrected chi connectivity index (χ3v) is 5.06. The minimum atomic E-state index is -0.616. The minimum absolute atomic E-state index is 0.112. The smallest absolute Gasteiger partial charge is 0.329 e. The number of aromatic nitrogens is 2. The van der Waals surface area contributed by atoms with Gasteiger partial charge in [-0.2, -0.15) is 5.10 Å². The largest absolute Gasteiger partial charge is 0.467 e. The number of benzene rings is 1. The Labute approximate surface area is 147 Å². The van der Waals surface area contributed by atoms with E-state index < -0.39 is 17.9 Å². The molecule has 25 heavy (non-hydrogen) atoms. The number of para-hydroxylation sites is 1. The maximum absolute atomic E-state index is 13.3. The van der Waals surface area contributed by atoms with Crippen LogP contribution in [0.2, 0.25) is 0 Å². The van der Waals surface area contributed by atoms with E-state index in [1.807, 2.05) is 52.1 Å². The summed E-state index contributed by atoms with van der Waals surface area (Å²) in [7, 11) is 3.22. The molecule has 3 rings (SSSR count). The Kier molecular flexibility index (Phi) is 4.37. The van der Waals surface area contributed by atoms with Gasteiger partial charge in [-0.3, -0.25) is 14.4 Å². The molecule has 2 aromatic rings. The number of aryl methyl sites for hydroxylation is 2. The summed E-state index contributed by atoms with van der Waals surface area (Å²) < 4.78 is 6.72. The first kappa shape index (κ1) is 17.2. The lowest BCUT2D eigenvalue weighted by molar-refractivity contribution is -0.143. The fraction of sp³-hybridized carbons (Fsp3) is 0.421. The number of fused-ring (bicyclic) bond motifs is 1. The Morgan fingerprint density at radius 2 is 1.96 bits per heavy atom. The van der Waals surface area contributed by atoms with Crippen LogP contribution in [0.1, 0.15) is 35.4 Å². The fourth-order valence-corrected chi connectivity index (χ4v) is 3.73. The van der Waals surface area contributed by atoms with E-state index in [2.05, 4.69) is 5.10 Å². The van der Waals surface area contributed by atoms with E-state index in [1.54, 1.807) is 9.58 Å². The van der Waals surface area contributed by atoms with Crippen LogP contribution in [-0.2, 0) is 27.8 Å². The van der Waals surface area contributed by atoms with E-state index in [0.717, 1.165) is 28.2 Å². The van der Waals surface area contributed by atoms with Crippen LogP contribution < -0.4 is 4.90 Å². The van der Waals surface area contributed by atoms with E-state index in [-0.39, 0.29) is 5.91 Å². The molecule has 132 valence electrons. The first-order valence-corrected chi connectivity index (χ1v) is 8.35. The van der Waals surface area contributed by atoms with Crippen LogP contribution in [0, 0.1) is 13.8 Å². The SMILES string of the molecule is COC(=O)[C@H]1Cc2ccccc2N1C(=O)[C@@H](C)c1c(C)nn(C)c1C. The van der Waals surface area contributed by atoms with Crippen molar-refractivity contribution >= 4 is 17.6 Å². The van der Waals surface area contributed by atoms with Gasteiger partial charge < -0.3 is 4.74 Å². The summed E-state index contributed by atoms with van der Waals surface area (Å²) in [4.78, 5) is 27.2. The molecule has 0 bridgehead atoms. The number of ether oxygens (including phenoxy) is 1. The van der Waals surface area contributed by atoms with Crippen molar-refractivity contribution in [1.82, 2.24) is 9.78 Å². The maximum Gasteiger partial charge on any atom is 0.329 e. The molecule has 1 amide bonds. The van der Waals surface area contributed by atoms with Crippen LogP contribution in [0.3, 0.4) is 0 Å². The van der Waals surface area contributed by atoms with Gasteiger partial charge in [0.25, 0.3) is 0 Å². The summed E-state index contributed by atoms with van der Waals surface area (Å²) in [5.41, 5.74) is 4.48. The number of esters is 1. The van der Waals surface area contributed by atoms with Crippen LogP contribution >= 0.6 is 0 Å². The monoisotopic (exact) mass is 341 g/mol. The molecule has 6 nitrogen and oxygen atoms in total. The van der Waals surface area contributed by atoms with Gasteiger partial charge in [-0.1, -0.05) is 18.2 Å². The van der Waals surface area contributed by atoms with Crippen molar-refractivity contribution in [3.63, 3.8) is 0 Å². The van der Waals surface area contributed by atoms with Crippen LogP contribution in [0.4, 0.5) is 5.69 Å². The average molecular weight is 341 g/mol. The molecule has 6 heteroatoms. The molecule has 2 atom stereocenters. The highest BCUT2D eigenvalue weighted by Crippen LogP contribution is 2.36. The minimum Gasteiger partial charge on any atom is -0.467 e.